The monoisotopic (exact) mass is 1080 g/mol. The molecule has 2 aliphatic rings. The van der Waals surface area contributed by atoms with Crippen molar-refractivity contribution in [2.45, 2.75) is 55.9 Å². The smallest absolute Gasteiger partial charge is 0.328 e. The molecular weight excluding hydrogens is 1040 g/mol. The number of ether oxygens (including phenoxy) is 1. The van der Waals surface area contributed by atoms with Crippen LogP contribution in [0.1, 0.15) is 51.0 Å². The number of carbonyl (C=O) groups excluding carboxylic acids is 5. The van der Waals surface area contributed by atoms with Crippen LogP contribution in [0.3, 0.4) is 0 Å². The summed E-state index contributed by atoms with van der Waals surface area (Å²) in [7, 11) is 1.15. The average Bonchev–Trinajstić information content (AvgIpc) is 3.26. The van der Waals surface area contributed by atoms with E-state index in [-0.39, 0.29) is 74.1 Å². The lowest BCUT2D eigenvalue weighted by Gasteiger charge is -2.28. The fraction of sp³-hybridized carbons (Fsp3) is 0.222. The number of methoxy groups -OCH3 is 1. The Bertz CT molecular complexity index is 2610. The molecule has 10 N–H and O–H groups in total. The quantitative estimate of drug-likeness (QED) is 0.0594. The molecule has 5 aromatic rings. The van der Waals surface area contributed by atoms with E-state index in [1.54, 1.807) is 36.4 Å². The Morgan fingerprint density at radius 3 is 1.94 bits per heavy atom. The Morgan fingerprint density at radius 2 is 1.34 bits per heavy atom. The summed E-state index contributed by atoms with van der Waals surface area (Å²) >= 11 is 26.8. The highest BCUT2D eigenvalue weighted by Gasteiger charge is 2.35. The van der Waals surface area contributed by atoms with Gasteiger partial charge in [0.25, 0.3) is 0 Å². The second kappa shape index (κ2) is 21.2. The normalized spacial score (nSPS) is 17.3. The molecule has 0 saturated heterocycles. The molecule has 4 bridgehead atoms. The number of aromatic hydroxyl groups is 4. The number of hydrogen-bond acceptors (Lipinski definition) is 11. The highest BCUT2D eigenvalue weighted by molar-refractivity contribution is 14.1. The molecule has 5 atom stereocenters. The van der Waals surface area contributed by atoms with Crippen molar-refractivity contribution in [1.29, 1.82) is 0 Å². The SMILES string of the molecule is COC(=O)[C@@H](Cc1ccc(O)cc1)NC(=O)[C@@H]1Cc2ccc(cc2)Cc2cc(cc(I)c2O)[C@@H](NC(=O)[C@H](N)Cc2cc(Cl)c(O)c(Cl)c2)C(=O)N[C@H](c2cc(Cl)c(O)c(Cl)c2)C(=O)N1. The van der Waals surface area contributed by atoms with Crippen LogP contribution in [0.15, 0.2) is 84.9 Å². The summed E-state index contributed by atoms with van der Waals surface area (Å²) in [5.74, 6) is -5.34. The highest BCUT2D eigenvalue weighted by Crippen LogP contribution is 2.37. The van der Waals surface area contributed by atoms with Crippen LogP contribution in [-0.4, -0.2) is 75.3 Å². The Morgan fingerprint density at radius 1 is 0.754 bits per heavy atom. The molecule has 0 saturated carbocycles. The number of rotatable bonds is 10. The molecule has 7 rings (SSSR count). The van der Waals surface area contributed by atoms with Crippen LogP contribution in [0.4, 0.5) is 0 Å². The van der Waals surface area contributed by atoms with Gasteiger partial charge in [-0.2, -0.15) is 0 Å². The maximum Gasteiger partial charge on any atom is 0.328 e. The lowest BCUT2D eigenvalue weighted by Crippen LogP contribution is -2.55. The third-order valence-corrected chi connectivity index (χ3v) is 12.5. The van der Waals surface area contributed by atoms with Crippen molar-refractivity contribution in [3.05, 3.63) is 148 Å². The van der Waals surface area contributed by atoms with Crippen molar-refractivity contribution in [2.24, 2.45) is 5.73 Å². The molecule has 0 unspecified atom stereocenters. The number of nitrogens with one attached hydrogen (secondary N) is 4. The first-order valence-corrected chi connectivity index (χ1v) is 22.2. The predicted molar refractivity (Wildman–Crippen MR) is 251 cm³/mol. The third kappa shape index (κ3) is 12.0. The summed E-state index contributed by atoms with van der Waals surface area (Å²) in [4.78, 5) is 70.6. The van der Waals surface area contributed by atoms with E-state index in [9.17, 15) is 44.4 Å². The van der Waals surface area contributed by atoms with E-state index in [1.165, 1.54) is 48.5 Å². The Hall–Kier alpha value is -5.50. The van der Waals surface area contributed by atoms with Crippen LogP contribution in [0, 0.1) is 3.57 Å². The van der Waals surface area contributed by atoms with Gasteiger partial charge in [0.1, 0.15) is 35.7 Å². The molecule has 0 aliphatic carbocycles. The van der Waals surface area contributed by atoms with Gasteiger partial charge in [0.15, 0.2) is 11.5 Å². The second-order valence-corrected chi connectivity index (χ2v) is 17.9. The molecule has 2 heterocycles. The summed E-state index contributed by atoms with van der Waals surface area (Å²) < 4.78 is 5.31. The zero-order valence-corrected chi connectivity index (χ0v) is 39.2. The zero-order chi connectivity index (χ0) is 47.3. The van der Waals surface area contributed by atoms with Crippen molar-refractivity contribution < 1.29 is 49.1 Å². The molecule has 2 aliphatic heterocycles. The van der Waals surface area contributed by atoms with Gasteiger partial charge in [0.2, 0.25) is 23.6 Å². The first-order valence-electron chi connectivity index (χ1n) is 19.6. The van der Waals surface area contributed by atoms with Crippen molar-refractivity contribution in [1.82, 2.24) is 21.3 Å². The van der Waals surface area contributed by atoms with Crippen LogP contribution in [0.25, 0.3) is 0 Å². The first-order chi connectivity index (χ1) is 30.8. The maximum absolute atomic E-state index is 14.7. The summed E-state index contributed by atoms with van der Waals surface area (Å²) in [6, 6.07) is 13.8. The van der Waals surface area contributed by atoms with Gasteiger partial charge in [-0.05, 0) is 116 Å². The minimum atomic E-state index is -1.72. The van der Waals surface area contributed by atoms with Crippen molar-refractivity contribution >= 4 is 98.6 Å². The number of phenolic OH excluding ortho intramolecular Hbond substituents is 4. The highest BCUT2D eigenvalue weighted by atomic mass is 127. The summed E-state index contributed by atoms with van der Waals surface area (Å²) in [5, 5.41) is 51.5. The van der Waals surface area contributed by atoms with Gasteiger partial charge in [-0.25, -0.2) is 4.79 Å². The number of nitrogens with two attached hydrogens (primary N) is 1. The van der Waals surface area contributed by atoms with Gasteiger partial charge in [-0.15, -0.1) is 0 Å². The van der Waals surface area contributed by atoms with Crippen molar-refractivity contribution in [2.75, 3.05) is 7.11 Å². The fourth-order valence-corrected chi connectivity index (χ4v) is 8.82. The molecule has 20 heteroatoms. The second-order valence-electron chi connectivity index (χ2n) is 15.2. The van der Waals surface area contributed by atoms with Crippen LogP contribution in [0.2, 0.25) is 20.1 Å². The van der Waals surface area contributed by atoms with Crippen molar-refractivity contribution in [3.63, 3.8) is 0 Å². The number of halogens is 5. The standard InChI is InChI=1S/C45H40Cl4IN5O10/c1-65-45(64)35(15-22-6-8-27(56)9-7-22)53-42(61)34-14-21-4-2-20(3-5-21)10-26-16-24(19-32(50)38(26)57)36(54-41(60)33(51)13-23-11-28(46)39(58)29(47)12-23)44(63)55-37(43(62)52-34)25-17-30(48)40(59)31(49)18-25/h2-9,11-12,16-19,33-37,56-59H,10,13-15,51H2,1H3,(H,52,62)(H,53,61)(H,54,60)(H,55,63)/t33-,34+,35-,36-,37-/m1/s1. The fourth-order valence-electron chi connectivity index (χ4n) is 7.08. The summed E-state index contributed by atoms with van der Waals surface area (Å²) in [5.41, 5.74) is 9.13. The van der Waals surface area contributed by atoms with Gasteiger partial charge in [0, 0.05) is 19.3 Å². The van der Waals surface area contributed by atoms with E-state index in [0.29, 0.717) is 31.4 Å². The van der Waals surface area contributed by atoms with E-state index >= 15 is 0 Å². The topological polar surface area (TPSA) is 250 Å². The van der Waals surface area contributed by atoms with Crippen LogP contribution in [0.5, 0.6) is 23.0 Å². The zero-order valence-electron chi connectivity index (χ0n) is 34.0. The van der Waals surface area contributed by atoms with E-state index in [4.69, 9.17) is 56.9 Å². The number of phenols is 4. The number of amides is 4. The number of carbonyl (C=O) groups is 5. The molecule has 4 amide bonds. The van der Waals surface area contributed by atoms with E-state index < -0.39 is 65.6 Å². The molecule has 0 fully saturated rings. The van der Waals surface area contributed by atoms with Crippen LogP contribution >= 0.6 is 69.0 Å². The lowest BCUT2D eigenvalue weighted by atomic mass is 9.95. The van der Waals surface area contributed by atoms with Gasteiger partial charge in [0.05, 0.1) is 36.8 Å². The predicted octanol–water partition coefficient (Wildman–Crippen LogP) is 5.84. The van der Waals surface area contributed by atoms with Crippen molar-refractivity contribution in [3.8, 4) is 23.0 Å². The molecule has 0 radical (unpaired) electrons. The molecule has 0 aromatic heterocycles. The van der Waals surface area contributed by atoms with Gasteiger partial charge in [-0.3, -0.25) is 19.2 Å². The van der Waals surface area contributed by atoms with E-state index in [0.717, 1.165) is 7.11 Å². The minimum absolute atomic E-state index is 0.0101. The molecule has 340 valence electrons. The molecular formula is C45H40Cl4IN5O10. The Kier molecular flexibility index (Phi) is 16.0. The first kappa shape index (κ1) is 48.9. The summed E-state index contributed by atoms with van der Waals surface area (Å²) in [6.07, 6.45) is -0.156. The minimum Gasteiger partial charge on any atom is -0.508 e. The molecule has 5 aromatic carbocycles. The molecule has 0 spiro atoms. The van der Waals surface area contributed by atoms with Crippen LogP contribution in [-0.2, 0) is 54.4 Å². The van der Waals surface area contributed by atoms with E-state index in [1.807, 2.05) is 22.6 Å². The van der Waals surface area contributed by atoms with Gasteiger partial charge in [-0.1, -0.05) is 82.8 Å². The number of benzene rings is 5. The largest absolute Gasteiger partial charge is 0.508 e. The van der Waals surface area contributed by atoms with Gasteiger partial charge < -0.3 is 52.2 Å². The number of esters is 1. The summed E-state index contributed by atoms with van der Waals surface area (Å²) in [6.45, 7) is 0. The third-order valence-electron chi connectivity index (χ3n) is 10.5. The number of fused-ring (bicyclic) bond motifs is 9. The molecule has 65 heavy (non-hydrogen) atoms. The maximum atomic E-state index is 14.7. The van der Waals surface area contributed by atoms with Gasteiger partial charge >= 0.3 is 5.97 Å². The van der Waals surface area contributed by atoms with E-state index in [2.05, 4.69) is 21.3 Å². The Balaban J connectivity index is 1.42. The lowest BCUT2D eigenvalue weighted by molar-refractivity contribution is -0.145. The Labute approximate surface area is 405 Å². The average molecular weight is 1080 g/mol. The van der Waals surface area contributed by atoms with Crippen LogP contribution < -0.4 is 27.0 Å². The number of hydrogen-bond donors (Lipinski definition) is 9. The molecule has 15 nitrogen and oxygen atoms in total.